The first-order valence-electron chi connectivity index (χ1n) is 8.12. The molecule has 1 aromatic rings. The summed E-state index contributed by atoms with van der Waals surface area (Å²) in [5, 5.41) is 0. The van der Waals surface area contributed by atoms with Crippen molar-refractivity contribution in [3.63, 3.8) is 0 Å². The number of hydrogen-bond donors (Lipinski definition) is 0. The van der Waals surface area contributed by atoms with E-state index in [1.807, 2.05) is 30.1 Å². The zero-order valence-corrected chi connectivity index (χ0v) is 13.9. The van der Waals surface area contributed by atoms with Crippen LogP contribution in [-0.2, 0) is 11.2 Å². The minimum Gasteiger partial charge on any atom is -0.493 e. The molecule has 0 N–H and O–H groups in total. The topological polar surface area (TPSA) is 38.8 Å². The van der Waals surface area contributed by atoms with Gasteiger partial charge in [0.25, 0.3) is 0 Å². The number of amides is 1. The average Bonchev–Trinajstić information content (AvgIpc) is 2.83. The van der Waals surface area contributed by atoms with Gasteiger partial charge in [0.15, 0.2) is 11.5 Å². The first kappa shape index (κ1) is 16.7. The highest BCUT2D eigenvalue weighted by atomic mass is 16.5. The summed E-state index contributed by atoms with van der Waals surface area (Å²) in [7, 11) is 5.17. The molecule has 2 rings (SSSR count). The Bertz CT molecular complexity index is 493. The second kappa shape index (κ2) is 8.06. The summed E-state index contributed by atoms with van der Waals surface area (Å²) in [4.78, 5) is 14.5. The summed E-state index contributed by atoms with van der Waals surface area (Å²) in [5.41, 5.74) is 0.961. The lowest BCUT2D eigenvalue weighted by molar-refractivity contribution is -0.131. The lowest BCUT2D eigenvalue weighted by Crippen LogP contribution is -2.37. The van der Waals surface area contributed by atoms with E-state index in [2.05, 4.69) is 0 Å². The van der Waals surface area contributed by atoms with Crippen LogP contribution in [0.4, 0.5) is 0 Å². The minimum absolute atomic E-state index is 0.180. The second-order valence-electron chi connectivity index (χ2n) is 6.02. The molecule has 4 nitrogen and oxygen atoms in total. The van der Waals surface area contributed by atoms with Crippen LogP contribution >= 0.6 is 0 Å². The maximum absolute atomic E-state index is 12.5. The molecular formula is C18H27NO3. The van der Waals surface area contributed by atoms with Gasteiger partial charge in [-0.25, -0.2) is 0 Å². The van der Waals surface area contributed by atoms with Crippen molar-refractivity contribution in [2.24, 2.45) is 0 Å². The lowest BCUT2D eigenvalue weighted by Gasteiger charge is -2.27. The van der Waals surface area contributed by atoms with Gasteiger partial charge in [-0.1, -0.05) is 31.7 Å². The molecule has 0 saturated heterocycles. The molecule has 1 aromatic carbocycles. The van der Waals surface area contributed by atoms with E-state index >= 15 is 0 Å². The highest BCUT2D eigenvalue weighted by Crippen LogP contribution is 2.28. The number of nitrogens with zero attached hydrogens (tertiary/aromatic N) is 1. The smallest absolute Gasteiger partial charge is 0.226 e. The van der Waals surface area contributed by atoms with Crippen molar-refractivity contribution in [1.29, 1.82) is 0 Å². The van der Waals surface area contributed by atoms with Crippen LogP contribution in [0, 0.1) is 0 Å². The van der Waals surface area contributed by atoms with Crippen LogP contribution in [0.5, 0.6) is 11.5 Å². The molecule has 122 valence electrons. The third-order valence-electron chi connectivity index (χ3n) is 4.57. The van der Waals surface area contributed by atoms with Crippen LogP contribution in [0.3, 0.4) is 0 Å². The van der Waals surface area contributed by atoms with Gasteiger partial charge in [-0.2, -0.15) is 0 Å². The predicted octanol–water partition coefficient (Wildman–Crippen LogP) is 3.43. The summed E-state index contributed by atoms with van der Waals surface area (Å²) in [6.45, 7) is 0. The van der Waals surface area contributed by atoms with E-state index in [9.17, 15) is 4.79 Å². The third-order valence-corrected chi connectivity index (χ3v) is 4.57. The van der Waals surface area contributed by atoms with Gasteiger partial charge in [-0.05, 0) is 30.5 Å². The van der Waals surface area contributed by atoms with E-state index in [1.54, 1.807) is 14.2 Å². The Morgan fingerprint density at radius 2 is 1.73 bits per heavy atom. The minimum atomic E-state index is 0.180. The first-order chi connectivity index (χ1) is 10.7. The quantitative estimate of drug-likeness (QED) is 0.782. The fourth-order valence-corrected chi connectivity index (χ4v) is 3.14. The SMILES string of the molecule is COc1ccc(CC(=O)N(C)C2CCCCCC2)cc1OC. The summed E-state index contributed by atoms with van der Waals surface area (Å²) < 4.78 is 10.5. The number of ether oxygens (including phenoxy) is 2. The molecule has 4 heteroatoms. The van der Waals surface area contributed by atoms with Crippen molar-refractivity contribution >= 4 is 5.91 Å². The monoisotopic (exact) mass is 305 g/mol. The molecule has 0 atom stereocenters. The molecule has 1 saturated carbocycles. The summed E-state index contributed by atoms with van der Waals surface area (Å²) in [6, 6.07) is 6.07. The normalized spacial score (nSPS) is 16.0. The van der Waals surface area contributed by atoms with Gasteiger partial charge in [0.2, 0.25) is 5.91 Å². The molecule has 0 heterocycles. The Hall–Kier alpha value is -1.71. The van der Waals surface area contributed by atoms with Crippen LogP contribution in [0.15, 0.2) is 18.2 Å². The van der Waals surface area contributed by atoms with Crippen molar-refractivity contribution in [1.82, 2.24) is 4.90 Å². The molecule has 22 heavy (non-hydrogen) atoms. The summed E-state index contributed by atoms with van der Waals surface area (Å²) in [6.07, 6.45) is 7.75. The van der Waals surface area contributed by atoms with E-state index in [1.165, 1.54) is 25.7 Å². The molecule has 1 aliphatic rings. The lowest BCUT2D eigenvalue weighted by atomic mass is 10.1. The van der Waals surface area contributed by atoms with Crippen molar-refractivity contribution in [3.05, 3.63) is 23.8 Å². The Balaban J connectivity index is 2.01. The molecule has 0 unspecified atom stereocenters. The van der Waals surface area contributed by atoms with Gasteiger partial charge in [-0.3, -0.25) is 4.79 Å². The van der Waals surface area contributed by atoms with E-state index in [4.69, 9.17) is 9.47 Å². The molecule has 0 bridgehead atoms. The van der Waals surface area contributed by atoms with Crippen LogP contribution in [0.25, 0.3) is 0 Å². The standard InChI is InChI=1S/C18H27NO3/c1-19(15-8-6-4-5-7-9-15)18(20)13-14-10-11-16(21-2)17(12-14)22-3/h10-12,15H,4-9,13H2,1-3H3. The number of likely N-dealkylation sites (N-methyl/N-ethyl adjacent to an activating group) is 1. The number of carbonyl (C=O) groups excluding carboxylic acids is 1. The fraction of sp³-hybridized carbons (Fsp3) is 0.611. The number of hydrogen-bond acceptors (Lipinski definition) is 3. The van der Waals surface area contributed by atoms with Crippen LogP contribution in [0.1, 0.15) is 44.1 Å². The highest BCUT2D eigenvalue weighted by molar-refractivity contribution is 5.79. The predicted molar refractivity (Wildman–Crippen MR) is 87.5 cm³/mol. The maximum atomic E-state index is 12.5. The Morgan fingerprint density at radius 3 is 2.32 bits per heavy atom. The van der Waals surface area contributed by atoms with Crippen molar-refractivity contribution in [2.45, 2.75) is 51.0 Å². The molecule has 0 aromatic heterocycles. The zero-order valence-electron chi connectivity index (χ0n) is 13.9. The van der Waals surface area contributed by atoms with E-state index in [0.717, 1.165) is 18.4 Å². The molecule has 0 aliphatic heterocycles. The summed E-state index contributed by atoms with van der Waals surface area (Å²) >= 11 is 0. The molecular weight excluding hydrogens is 278 g/mol. The van der Waals surface area contributed by atoms with Crippen LogP contribution in [-0.4, -0.2) is 38.1 Å². The van der Waals surface area contributed by atoms with Gasteiger partial charge in [0.1, 0.15) is 0 Å². The largest absolute Gasteiger partial charge is 0.493 e. The maximum Gasteiger partial charge on any atom is 0.226 e. The second-order valence-corrected chi connectivity index (χ2v) is 6.02. The highest BCUT2D eigenvalue weighted by Gasteiger charge is 2.21. The van der Waals surface area contributed by atoms with E-state index < -0.39 is 0 Å². The first-order valence-corrected chi connectivity index (χ1v) is 8.12. The van der Waals surface area contributed by atoms with Crippen LogP contribution < -0.4 is 9.47 Å². The fourth-order valence-electron chi connectivity index (χ4n) is 3.14. The van der Waals surface area contributed by atoms with Crippen molar-refractivity contribution < 1.29 is 14.3 Å². The van der Waals surface area contributed by atoms with Gasteiger partial charge in [0, 0.05) is 13.1 Å². The Kier molecular flexibility index (Phi) is 6.10. The number of methoxy groups -OCH3 is 2. The van der Waals surface area contributed by atoms with Crippen molar-refractivity contribution in [2.75, 3.05) is 21.3 Å². The van der Waals surface area contributed by atoms with Gasteiger partial charge in [0.05, 0.1) is 20.6 Å². The zero-order chi connectivity index (χ0) is 15.9. The Labute approximate surface area is 133 Å². The summed E-state index contributed by atoms with van der Waals surface area (Å²) in [5.74, 6) is 1.54. The average molecular weight is 305 g/mol. The van der Waals surface area contributed by atoms with Gasteiger partial charge >= 0.3 is 0 Å². The van der Waals surface area contributed by atoms with E-state index in [-0.39, 0.29) is 5.91 Å². The molecule has 1 amide bonds. The molecule has 1 aliphatic carbocycles. The van der Waals surface area contributed by atoms with Gasteiger partial charge in [-0.15, -0.1) is 0 Å². The molecule has 0 spiro atoms. The number of rotatable bonds is 5. The third kappa shape index (κ3) is 4.15. The van der Waals surface area contributed by atoms with Gasteiger partial charge < -0.3 is 14.4 Å². The van der Waals surface area contributed by atoms with Crippen LogP contribution in [0.2, 0.25) is 0 Å². The van der Waals surface area contributed by atoms with E-state index in [0.29, 0.717) is 24.0 Å². The molecule has 0 radical (unpaired) electrons. The number of carbonyl (C=O) groups is 1. The Morgan fingerprint density at radius 1 is 1.09 bits per heavy atom. The molecule has 1 fully saturated rings. The number of benzene rings is 1. The van der Waals surface area contributed by atoms with Crippen molar-refractivity contribution in [3.8, 4) is 11.5 Å².